The van der Waals surface area contributed by atoms with E-state index < -0.39 is 0 Å². The number of nitrogens with two attached hydrogens (primary N) is 1. The Balaban J connectivity index is 2.22. The Bertz CT molecular complexity index is 121. The third-order valence-corrected chi connectivity index (χ3v) is 2.98. The molecule has 0 saturated heterocycles. The minimum Gasteiger partial charge on any atom is -0.325 e. The Morgan fingerprint density at radius 3 is 2.00 bits per heavy atom. The van der Waals surface area contributed by atoms with Crippen LogP contribution in [-0.2, 0) is 0 Å². The van der Waals surface area contributed by atoms with Gasteiger partial charge in [0.2, 0.25) is 0 Å². The smallest absolute Gasteiger partial charge is 0.0158 e. The minimum atomic E-state index is 0.273. The van der Waals surface area contributed by atoms with Crippen LogP contribution in [0.1, 0.15) is 58.8 Å². The van der Waals surface area contributed by atoms with E-state index in [1.807, 2.05) is 0 Å². The van der Waals surface area contributed by atoms with Gasteiger partial charge in [0, 0.05) is 5.54 Å². The maximum atomic E-state index is 6.11. The molecule has 0 unspecified atom stereocenters. The number of hydrogen-bond donors (Lipinski definition) is 1. The van der Waals surface area contributed by atoms with Crippen molar-refractivity contribution in [2.75, 3.05) is 0 Å². The second-order valence-corrected chi connectivity index (χ2v) is 4.51. The molecule has 0 aromatic heterocycles. The third kappa shape index (κ3) is 3.14. The van der Waals surface area contributed by atoms with Crippen LogP contribution < -0.4 is 5.73 Å². The summed E-state index contributed by atoms with van der Waals surface area (Å²) in [6.45, 7) is 4.55. The molecular weight excluding hydrogens is 146 g/mol. The molecule has 1 nitrogen and oxygen atoms in total. The first-order valence-corrected chi connectivity index (χ1v) is 5.49. The van der Waals surface area contributed by atoms with Crippen molar-refractivity contribution in [2.24, 2.45) is 11.7 Å². The van der Waals surface area contributed by atoms with E-state index in [0.29, 0.717) is 0 Å². The molecule has 2 N–H and O–H groups in total. The van der Waals surface area contributed by atoms with Crippen molar-refractivity contribution in [3.05, 3.63) is 0 Å². The van der Waals surface area contributed by atoms with Crippen LogP contribution in [0.3, 0.4) is 0 Å². The van der Waals surface area contributed by atoms with Crippen LogP contribution in [-0.4, -0.2) is 5.54 Å². The van der Waals surface area contributed by atoms with Crippen molar-refractivity contribution in [3.8, 4) is 0 Å². The fraction of sp³-hybridized carbons (Fsp3) is 1.00. The molecule has 1 aliphatic rings. The zero-order chi connectivity index (χ0) is 9.03. The van der Waals surface area contributed by atoms with Gasteiger partial charge in [-0.2, -0.15) is 0 Å². The predicted octanol–water partition coefficient (Wildman–Crippen LogP) is 3.08. The summed E-state index contributed by atoms with van der Waals surface area (Å²) < 4.78 is 0. The van der Waals surface area contributed by atoms with Crippen LogP contribution in [0.25, 0.3) is 0 Å². The summed E-state index contributed by atoms with van der Waals surface area (Å²) in [5, 5.41) is 0. The molecule has 72 valence electrons. The van der Waals surface area contributed by atoms with Gasteiger partial charge in [0.15, 0.2) is 0 Å². The van der Waals surface area contributed by atoms with Crippen molar-refractivity contribution < 1.29 is 0 Å². The minimum absolute atomic E-state index is 0.273. The topological polar surface area (TPSA) is 26.0 Å². The molecule has 0 amide bonds. The van der Waals surface area contributed by atoms with E-state index in [0.717, 1.165) is 5.92 Å². The summed E-state index contributed by atoms with van der Waals surface area (Å²) in [7, 11) is 0. The highest BCUT2D eigenvalue weighted by Crippen LogP contribution is 2.40. The zero-order valence-corrected chi connectivity index (χ0v) is 8.60. The van der Waals surface area contributed by atoms with Gasteiger partial charge < -0.3 is 5.73 Å². The van der Waals surface area contributed by atoms with Gasteiger partial charge in [-0.1, -0.05) is 39.5 Å². The third-order valence-electron chi connectivity index (χ3n) is 2.98. The fourth-order valence-electron chi connectivity index (χ4n) is 2.10. The second kappa shape index (κ2) is 4.27. The van der Waals surface area contributed by atoms with Crippen molar-refractivity contribution in [2.45, 2.75) is 64.3 Å². The largest absolute Gasteiger partial charge is 0.325 e. The van der Waals surface area contributed by atoms with Crippen molar-refractivity contribution in [1.82, 2.24) is 0 Å². The first kappa shape index (κ1) is 10.0. The van der Waals surface area contributed by atoms with Crippen LogP contribution in [0.5, 0.6) is 0 Å². The van der Waals surface area contributed by atoms with Crippen LogP contribution in [0.15, 0.2) is 0 Å². The monoisotopic (exact) mass is 169 g/mol. The van der Waals surface area contributed by atoms with Crippen LogP contribution in [0.4, 0.5) is 0 Å². The Labute approximate surface area is 76.7 Å². The Kier molecular flexibility index (Phi) is 3.57. The summed E-state index contributed by atoms with van der Waals surface area (Å²) in [4.78, 5) is 0. The Morgan fingerprint density at radius 1 is 1.17 bits per heavy atom. The van der Waals surface area contributed by atoms with E-state index in [9.17, 15) is 0 Å². The van der Waals surface area contributed by atoms with Crippen molar-refractivity contribution >= 4 is 0 Å². The lowest BCUT2D eigenvalue weighted by molar-refractivity contribution is 0.367. The molecule has 1 saturated carbocycles. The lowest BCUT2D eigenvalue weighted by Gasteiger charge is -2.19. The van der Waals surface area contributed by atoms with Gasteiger partial charge in [-0.25, -0.2) is 0 Å². The first-order chi connectivity index (χ1) is 5.70. The first-order valence-electron chi connectivity index (χ1n) is 5.49. The van der Waals surface area contributed by atoms with Crippen molar-refractivity contribution in [1.29, 1.82) is 0 Å². The maximum absolute atomic E-state index is 6.11. The average molecular weight is 169 g/mol. The average Bonchev–Trinajstić information content (AvgIpc) is 2.69. The quantitative estimate of drug-likeness (QED) is 0.649. The summed E-state index contributed by atoms with van der Waals surface area (Å²) in [5.41, 5.74) is 6.38. The van der Waals surface area contributed by atoms with E-state index in [1.165, 1.54) is 44.9 Å². The van der Waals surface area contributed by atoms with Crippen LogP contribution in [0.2, 0.25) is 0 Å². The molecular formula is C11H23N. The van der Waals surface area contributed by atoms with E-state index in [1.54, 1.807) is 0 Å². The molecule has 0 heterocycles. The summed E-state index contributed by atoms with van der Waals surface area (Å²) in [5.74, 6) is 0.910. The molecule has 0 radical (unpaired) electrons. The van der Waals surface area contributed by atoms with Gasteiger partial charge >= 0.3 is 0 Å². The van der Waals surface area contributed by atoms with E-state index >= 15 is 0 Å². The van der Waals surface area contributed by atoms with Crippen molar-refractivity contribution in [3.63, 3.8) is 0 Å². The maximum Gasteiger partial charge on any atom is 0.0158 e. The molecule has 0 atom stereocenters. The molecule has 1 aliphatic carbocycles. The lowest BCUT2D eigenvalue weighted by atomic mass is 9.90. The molecule has 1 fully saturated rings. The van der Waals surface area contributed by atoms with Gasteiger partial charge in [0.25, 0.3) is 0 Å². The molecule has 0 spiro atoms. The predicted molar refractivity (Wildman–Crippen MR) is 54.1 cm³/mol. The highest BCUT2D eigenvalue weighted by atomic mass is 14.8. The van der Waals surface area contributed by atoms with E-state index in [4.69, 9.17) is 5.73 Å². The highest BCUT2D eigenvalue weighted by molar-refractivity contribution is 4.99. The summed E-state index contributed by atoms with van der Waals surface area (Å²) in [6, 6.07) is 0. The highest BCUT2D eigenvalue weighted by Gasteiger charge is 2.39. The van der Waals surface area contributed by atoms with Gasteiger partial charge in [0.1, 0.15) is 0 Å². The molecule has 12 heavy (non-hydrogen) atoms. The van der Waals surface area contributed by atoms with E-state index in [-0.39, 0.29) is 5.54 Å². The number of hydrogen-bond acceptors (Lipinski definition) is 1. The van der Waals surface area contributed by atoms with Gasteiger partial charge in [0.05, 0.1) is 0 Å². The lowest BCUT2D eigenvalue weighted by Crippen LogP contribution is -2.25. The van der Waals surface area contributed by atoms with Gasteiger partial charge in [-0.15, -0.1) is 0 Å². The second-order valence-electron chi connectivity index (χ2n) is 4.51. The summed E-state index contributed by atoms with van der Waals surface area (Å²) >= 11 is 0. The van der Waals surface area contributed by atoms with E-state index in [2.05, 4.69) is 13.8 Å². The summed E-state index contributed by atoms with van der Waals surface area (Å²) in [6.07, 6.45) is 9.24. The van der Waals surface area contributed by atoms with Crippen LogP contribution in [0, 0.1) is 5.92 Å². The van der Waals surface area contributed by atoms with Crippen LogP contribution >= 0.6 is 0 Å². The molecule has 1 rings (SSSR count). The van der Waals surface area contributed by atoms with Gasteiger partial charge in [-0.05, 0) is 25.2 Å². The SMILES string of the molecule is CCCC(CCC)CC1(N)CC1. The Morgan fingerprint density at radius 2 is 1.67 bits per heavy atom. The fourth-order valence-corrected chi connectivity index (χ4v) is 2.10. The molecule has 1 heteroatoms. The Hall–Kier alpha value is -0.0400. The molecule has 0 aliphatic heterocycles. The molecule has 0 aromatic carbocycles. The number of rotatable bonds is 6. The molecule has 0 bridgehead atoms. The van der Waals surface area contributed by atoms with Gasteiger partial charge in [-0.3, -0.25) is 0 Å². The zero-order valence-electron chi connectivity index (χ0n) is 8.60. The standard InChI is InChI=1S/C11H23N/c1-3-5-10(6-4-2)9-11(12)7-8-11/h10H,3-9,12H2,1-2H3. The molecule has 0 aromatic rings. The normalized spacial score (nSPS) is 20.0.